The number of rotatable bonds is 1. The number of nitrogens with two attached hydrogens (primary N) is 2. The molecule has 1 aromatic rings. The molecule has 0 saturated carbocycles. The van der Waals surface area contributed by atoms with Crippen LogP contribution >= 0.6 is 11.9 Å². The van der Waals surface area contributed by atoms with Gasteiger partial charge in [-0.15, -0.1) is 0 Å². The maximum Gasteiger partial charge on any atom is 0.111 e. The van der Waals surface area contributed by atoms with Crippen molar-refractivity contribution in [3.63, 3.8) is 0 Å². The van der Waals surface area contributed by atoms with E-state index in [9.17, 15) is 0 Å². The molecule has 0 aliphatic heterocycles. The van der Waals surface area contributed by atoms with Crippen molar-refractivity contribution in [3.8, 4) is 0 Å². The predicted octanol–water partition coefficient (Wildman–Crippen LogP) is 0.630. The van der Waals surface area contributed by atoms with E-state index in [1.807, 2.05) is 0 Å². The minimum atomic E-state index is 0.660. The first kappa shape index (κ1) is 6.38. The predicted molar refractivity (Wildman–Crippen MR) is 38.7 cm³/mol. The van der Waals surface area contributed by atoms with E-state index >= 15 is 0 Å². The van der Waals surface area contributed by atoms with E-state index in [-0.39, 0.29) is 0 Å². The molecule has 0 atom stereocenters. The van der Waals surface area contributed by atoms with Crippen LogP contribution in [-0.2, 0) is 0 Å². The lowest BCUT2D eigenvalue weighted by molar-refractivity contribution is 1.14. The molecule has 3 nitrogen and oxygen atoms in total. The van der Waals surface area contributed by atoms with Crippen molar-refractivity contribution < 1.29 is 0 Å². The van der Waals surface area contributed by atoms with Crippen molar-refractivity contribution >= 4 is 17.6 Å². The molecular weight excluding hydrogens is 134 g/mol. The molecule has 0 amide bonds. The van der Waals surface area contributed by atoms with Gasteiger partial charge in [0.15, 0.2) is 0 Å². The van der Waals surface area contributed by atoms with Crippen molar-refractivity contribution in [1.29, 1.82) is 0 Å². The molecule has 0 fully saturated rings. The fourth-order valence-corrected chi connectivity index (χ4v) is 0.722. The van der Waals surface area contributed by atoms with Gasteiger partial charge < -0.3 is 5.73 Å². The van der Waals surface area contributed by atoms with Crippen LogP contribution in [0.1, 0.15) is 0 Å². The lowest BCUT2D eigenvalue weighted by Gasteiger charge is -1.92. The fraction of sp³-hybridized carbons (Fsp3) is 0. The summed E-state index contributed by atoms with van der Waals surface area (Å²) in [6.07, 6.45) is 1.58. The number of pyridine rings is 1. The zero-order valence-corrected chi connectivity index (χ0v) is 5.56. The smallest absolute Gasteiger partial charge is 0.111 e. The van der Waals surface area contributed by atoms with Crippen LogP contribution in [0.15, 0.2) is 23.4 Å². The number of hydrogen-bond acceptors (Lipinski definition) is 4. The molecule has 4 N–H and O–H groups in total. The Morgan fingerprint density at radius 2 is 2.22 bits per heavy atom. The Bertz CT molecular complexity index is 184. The van der Waals surface area contributed by atoms with E-state index in [1.54, 1.807) is 18.3 Å². The zero-order valence-electron chi connectivity index (χ0n) is 4.74. The maximum atomic E-state index is 5.37. The van der Waals surface area contributed by atoms with E-state index in [1.165, 1.54) is 0 Å². The number of aromatic nitrogens is 1. The standard InChI is InChI=1S/C5H7N3S/c6-4-1-2-5(9-7)8-3-4/h1-3H,6-7H2. The molecule has 0 saturated heterocycles. The minimum absolute atomic E-state index is 0.660. The maximum absolute atomic E-state index is 5.37. The highest BCUT2D eigenvalue weighted by Crippen LogP contribution is 2.08. The topological polar surface area (TPSA) is 64.9 Å². The summed E-state index contributed by atoms with van der Waals surface area (Å²) in [6.45, 7) is 0. The fourth-order valence-electron chi connectivity index (χ4n) is 0.461. The number of nitrogens with zero attached hydrogens (tertiary/aromatic N) is 1. The van der Waals surface area contributed by atoms with E-state index in [0.29, 0.717) is 5.69 Å². The Kier molecular flexibility index (Phi) is 1.92. The Hall–Kier alpha value is -0.740. The van der Waals surface area contributed by atoms with E-state index < -0.39 is 0 Å². The molecule has 1 aromatic heterocycles. The van der Waals surface area contributed by atoms with Crippen LogP contribution in [0.2, 0.25) is 0 Å². The van der Waals surface area contributed by atoms with Gasteiger partial charge in [0.25, 0.3) is 0 Å². The van der Waals surface area contributed by atoms with E-state index in [0.717, 1.165) is 17.0 Å². The molecule has 0 spiro atoms. The van der Waals surface area contributed by atoms with Gasteiger partial charge in [-0.3, -0.25) is 5.14 Å². The first-order valence-corrected chi connectivity index (χ1v) is 3.29. The van der Waals surface area contributed by atoms with Gasteiger partial charge in [-0.1, -0.05) is 0 Å². The molecule has 1 rings (SSSR count). The van der Waals surface area contributed by atoms with Crippen molar-refractivity contribution in [1.82, 2.24) is 4.98 Å². The summed E-state index contributed by atoms with van der Waals surface area (Å²) < 4.78 is 0. The Balaban J connectivity index is 2.88. The van der Waals surface area contributed by atoms with Gasteiger partial charge in [0.1, 0.15) is 5.03 Å². The molecular formula is C5H7N3S. The van der Waals surface area contributed by atoms with Crippen molar-refractivity contribution in [2.45, 2.75) is 5.03 Å². The lowest BCUT2D eigenvalue weighted by Crippen LogP contribution is -1.88. The highest BCUT2D eigenvalue weighted by atomic mass is 32.2. The highest BCUT2D eigenvalue weighted by molar-refractivity contribution is 7.97. The van der Waals surface area contributed by atoms with Gasteiger partial charge >= 0.3 is 0 Å². The molecule has 0 aromatic carbocycles. The normalized spacial score (nSPS) is 9.44. The second-order valence-corrected chi connectivity index (χ2v) is 2.20. The van der Waals surface area contributed by atoms with Crippen LogP contribution in [0.25, 0.3) is 0 Å². The van der Waals surface area contributed by atoms with Crippen LogP contribution < -0.4 is 10.9 Å². The second kappa shape index (κ2) is 2.70. The third kappa shape index (κ3) is 1.58. The minimum Gasteiger partial charge on any atom is -0.397 e. The summed E-state index contributed by atoms with van der Waals surface area (Å²) in [5.41, 5.74) is 6.03. The van der Waals surface area contributed by atoms with Gasteiger partial charge in [0, 0.05) is 0 Å². The van der Waals surface area contributed by atoms with Crippen LogP contribution in [0.4, 0.5) is 5.69 Å². The second-order valence-electron chi connectivity index (χ2n) is 1.55. The van der Waals surface area contributed by atoms with Gasteiger partial charge in [-0.25, -0.2) is 4.98 Å². The molecule has 0 aliphatic rings. The Labute approximate surface area is 57.6 Å². The van der Waals surface area contributed by atoms with Crippen LogP contribution in [0.5, 0.6) is 0 Å². The summed E-state index contributed by atoms with van der Waals surface area (Å²) in [4.78, 5) is 3.91. The zero-order chi connectivity index (χ0) is 6.69. The van der Waals surface area contributed by atoms with Gasteiger partial charge in [0.2, 0.25) is 0 Å². The van der Waals surface area contributed by atoms with Crippen molar-refractivity contribution in [3.05, 3.63) is 18.3 Å². The number of anilines is 1. The van der Waals surface area contributed by atoms with Gasteiger partial charge in [-0.05, 0) is 24.1 Å². The summed E-state index contributed by atoms with van der Waals surface area (Å²) in [5.74, 6) is 0. The summed E-state index contributed by atoms with van der Waals surface area (Å²) in [5, 5.41) is 5.99. The molecule has 0 unspecified atom stereocenters. The Morgan fingerprint density at radius 1 is 1.44 bits per heavy atom. The largest absolute Gasteiger partial charge is 0.397 e. The SMILES string of the molecule is NSc1ccc(N)cn1. The molecule has 4 heteroatoms. The molecule has 48 valence electrons. The van der Waals surface area contributed by atoms with Crippen LogP contribution in [-0.4, -0.2) is 4.98 Å². The van der Waals surface area contributed by atoms with Crippen molar-refractivity contribution in [2.75, 3.05) is 5.73 Å². The molecule has 0 radical (unpaired) electrons. The van der Waals surface area contributed by atoms with Crippen LogP contribution in [0, 0.1) is 0 Å². The van der Waals surface area contributed by atoms with Crippen molar-refractivity contribution in [2.24, 2.45) is 5.14 Å². The van der Waals surface area contributed by atoms with Gasteiger partial charge in [0.05, 0.1) is 11.9 Å². The quantitative estimate of drug-likeness (QED) is 0.563. The summed E-state index contributed by atoms with van der Waals surface area (Å²) >= 11 is 1.11. The summed E-state index contributed by atoms with van der Waals surface area (Å²) in [6, 6.07) is 3.54. The lowest BCUT2D eigenvalue weighted by atomic mass is 10.4. The first-order chi connectivity index (χ1) is 4.33. The average molecular weight is 141 g/mol. The van der Waals surface area contributed by atoms with Crippen LogP contribution in [0.3, 0.4) is 0 Å². The molecule has 0 aliphatic carbocycles. The average Bonchev–Trinajstić information content (AvgIpc) is 1.90. The first-order valence-electron chi connectivity index (χ1n) is 2.41. The third-order valence-corrected chi connectivity index (χ3v) is 1.36. The molecule has 0 bridgehead atoms. The number of nitrogen functional groups attached to an aromatic ring is 1. The summed E-state index contributed by atoms with van der Waals surface area (Å²) in [7, 11) is 0. The Morgan fingerprint density at radius 3 is 2.67 bits per heavy atom. The van der Waals surface area contributed by atoms with Gasteiger partial charge in [-0.2, -0.15) is 0 Å². The number of hydrogen-bond donors (Lipinski definition) is 2. The monoisotopic (exact) mass is 141 g/mol. The molecule has 9 heavy (non-hydrogen) atoms. The highest BCUT2D eigenvalue weighted by Gasteiger charge is 1.88. The van der Waals surface area contributed by atoms with E-state index in [4.69, 9.17) is 10.9 Å². The third-order valence-electron chi connectivity index (χ3n) is 0.880. The van der Waals surface area contributed by atoms with E-state index in [2.05, 4.69) is 4.98 Å². The molecule has 1 heterocycles.